The van der Waals surface area contributed by atoms with Crippen LogP contribution in [0.25, 0.3) is 11.4 Å². The van der Waals surface area contributed by atoms with Gasteiger partial charge in [0.05, 0.1) is 36.9 Å². The lowest BCUT2D eigenvalue weighted by Gasteiger charge is -2.30. The highest BCUT2D eigenvalue weighted by Crippen LogP contribution is 2.35. The number of benzene rings is 1. The molecule has 2 aliphatic heterocycles. The molecule has 0 aliphatic carbocycles. The van der Waals surface area contributed by atoms with Gasteiger partial charge in [0.2, 0.25) is 0 Å². The number of amides is 2. The Kier molecular flexibility index (Phi) is 7.17. The maximum absolute atomic E-state index is 12.4. The fraction of sp³-hybridized carbons (Fsp3) is 0.522. The molecule has 0 saturated carbocycles. The van der Waals surface area contributed by atoms with E-state index < -0.39 is 0 Å². The maximum atomic E-state index is 12.4. The van der Waals surface area contributed by atoms with Gasteiger partial charge in [-0.15, -0.1) is 0 Å². The fourth-order valence-corrected chi connectivity index (χ4v) is 3.92. The van der Waals surface area contributed by atoms with Crippen molar-refractivity contribution in [2.24, 2.45) is 0 Å². The number of carbonyl (C=O) groups is 1. The Hall–Kier alpha value is -2.36. The monoisotopic (exact) mass is 457 g/mol. The van der Waals surface area contributed by atoms with Crippen molar-refractivity contribution in [3.63, 3.8) is 0 Å². The number of thioether (sulfide) groups is 1. The highest BCUT2D eigenvalue weighted by atomic mass is 32.2. The van der Waals surface area contributed by atoms with Gasteiger partial charge >= 0.3 is 6.03 Å². The Morgan fingerprint density at radius 3 is 2.25 bits per heavy atom. The molecule has 0 atom stereocenters. The number of ether oxygens (including phenoxy) is 2. The minimum atomic E-state index is -0.134. The van der Waals surface area contributed by atoms with Crippen molar-refractivity contribution in [1.82, 2.24) is 14.9 Å². The normalized spacial score (nSPS) is 17.3. The molecular formula is C23H31N5O3S. The second-order valence-electron chi connectivity index (χ2n) is 8.36. The number of hydrogen-bond acceptors (Lipinski definition) is 7. The molecule has 172 valence electrons. The molecule has 0 bridgehead atoms. The molecule has 2 amide bonds. The molecule has 4 rings (SSSR count). The van der Waals surface area contributed by atoms with Gasteiger partial charge in [0.25, 0.3) is 0 Å². The van der Waals surface area contributed by atoms with E-state index in [-0.39, 0.29) is 10.8 Å². The molecule has 2 aromatic rings. The van der Waals surface area contributed by atoms with Crippen molar-refractivity contribution in [1.29, 1.82) is 0 Å². The number of anilines is 2. The maximum Gasteiger partial charge on any atom is 0.321 e. The molecule has 8 nitrogen and oxygen atoms in total. The Labute approximate surface area is 193 Å². The zero-order valence-corrected chi connectivity index (χ0v) is 19.8. The number of hydrogen-bond donors (Lipinski definition) is 1. The van der Waals surface area contributed by atoms with E-state index >= 15 is 0 Å². The van der Waals surface area contributed by atoms with E-state index in [1.54, 1.807) is 16.7 Å². The Bertz CT molecular complexity index is 926. The molecular weight excluding hydrogens is 426 g/mol. The number of morpholine rings is 2. The fourth-order valence-electron chi connectivity index (χ4n) is 3.60. The van der Waals surface area contributed by atoms with Crippen LogP contribution in [-0.4, -0.2) is 79.8 Å². The third-order valence-corrected chi connectivity index (χ3v) is 7.10. The molecule has 9 heteroatoms. The average molecular weight is 458 g/mol. The number of aromatic nitrogens is 2. The molecule has 0 radical (unpaired) electrons. The summed E-state index contributed by atoms with van der Waals surface area (Å²) in [6, 6.07) is 9.72. The summed E-state index contributed by atoms with van der Waals surface area (Å²) in [5, 5.41) is 2.96. The zero-order valence-electron chi connectivity index (χ0n) is 19.0. The predicted molar refractivity (Wildman–Crippen MR) is 128 cm³/mol. The van der Waals surface area contributed by atoms with Crippen LogP contribution >= 0.6 is 11.8 Å². The van der Waals surface area contributed by atoms with Crippen molar-refractivity contribution >= 4 is 29.3 Å². The summed E-state index contributed by atoms with van der Waals surface area (Å²) in [6.45, 7) is 9.80. The number of urea groups is 1. The summed E-state index contributed by atoms with van der Waals surface area (Å²) in [5.74, 6) is 1.62. The van der Waals surface area contributed by atoms with Crippen LogP contribution < -0.4 is 10.2 Å². The van der Waals surface area contributed by atoms with Gasteiger partial charge in [-0.05, 0) is 44.4 Å². The molecule has 1 aromatic heterocycles. The third kappa shape index (κ3) is 5.33. The first-order valence-electron chi connectivity index (χ1n) is 11.0. The van der Waals surface area contributed by atoms with E-state index in [4.69, 9.17) is 19.4 Å². The molecule has 1 aromatic carbocycles. The van der Waals surface area contributed by atoms with Crippen LogP contribution in [-0.2, 0) is 14.2 Å². The van der Waals surface area contributed by atoms with Crippen LogP contribution in [0.2, 0.25) is 0 Å². The molecule has 3 heterocycles. The van der Waals surface area contributed by atoms with Crippen molar-refractivity contribution in [3.05, 3.63) is 36.0 Å². The van der Waals surface area contributed by atoms with Gasteiger partial charge in [-0.1, -0.05) is 0 Å². The minimum Gasteiger partial charge on any atom is -0.378 e. The lowest BCUT2D eigenvalue weighted by atomic mass is 10.1. The smallest absolute Gasteiger partial charge is 0.321 e. The number of carbonyl (C=O) groups excluding carboxylic acids is 1. The first-order chi connectivity index (χ1) is 15.5. The summed E-state index contributed by atoms with van der Waals surface area (Å²) in [4.78, 5) is 26.3. The third-order valence-electron chi connectivity index (χ3n) is 5.87. The van der Waals surface area contributed by atoms with Crippen LogP contribution in [0.4, 0.5) is 16.3 Å². The Morgan fingerprint density at radius 1 is 1.00 bits per heavy atom. The highest BCUT2D eigenvalue weighted by molar-refractivity contribution is 7.99. The highest BCUT2D eigenvalue weighted by Gasteiger charge is 2.25. The molecule has 2 fully saturated rings. The molecule has 2 aliphatic rings. The van der Waals surface area contributed by atoms with Crippen LogP contribution in [0.3, 0.4) is 0 Å². The van der Waals surface area contributed by atoms with Gasteiger partial charge in [0.1, 0.15) is 5.82 Å². The summed E-state index contributed by atoms with van der Waals surface area (Å²) in [7, 11) is 0. The zero-order chi connectivity index (χ0) is 22.6. The van der Waals surface area contributed by atoms with Crippen LogP contribution in [0.5, 0.6) is 0 Å². The number of rotatable bonds is 5. The van der Waals surface area contributed by atoms with E-state index in [2.05, 4.69) is 36.4 Å². The first kappa shape index (κ1) is 22.8. The topological polar surface area (TPSA) is 79.8 Å². The Balaban J connectivity index is 1.57. The van der Waals surface area contributed by atoms with Crippen molar-refractivity contribution in [2.75, 3.05) is 69.1 Å². The van der Waals surface area contributed by atoms with Gasteiger partial charge < -0.3 is 24.6 Å². The van der Waals surface area contributed by atoms with E-state index in [1.807, 2.05) is 24.3 Å². The van der Waals surface area contributed by atoms with Crippen LogP contribution in [0, 0.1) is 0 Å². The van der Waals surface area contributed by atoms with Gasteiger partial charge in [-0.3, -0.25) is 0 Å². The second-order valence-corrected chi connectivity index (χ2v) is 9.78. The van der Waals surface area contributed by atoms with Crippen LogP contribution in [0.1, 0.15) is 19.5 Å². The summed E-state index contributed by atoms with van der Waals surface area (Å²) in [6.07, 6.45) is 2.10. The molecule has 0 spiro atoms. The van der Waals surface area contributed by atoms with Crippen molar-refractivity contribution in [3.8, 4) is 11.4 Å². The molecule has 0 unspecified atom stereocenters. The molecule has 1 N–H and O–H groups in total. The van der Waals surface area contributed by atoms with Gasteiger partial charge in [-0.25, -0.2) is 14.8 Å². The van der Waals surface area contributed by atoms with Gasteiger partial charge in [0, 0.05) is 43.5 Å². The largest absolute Gasteiger partial charge is 0.378 e. The van der Waals surface area contributed by atoms with Crippen molar-refractivity contribution in [2.45, 2.75) is 18.6 Å². The van der Waals surface area contributed by atoms with E-state index in [9.17, 15) is 4.79 Å². The summed E-state index contributed by atoms with van der Waals surface area (Å²) < 4.78 is 10.7. The number of nitrogens with one attached hydrogen (secondary N) is 1. The van der Waals surface area contributed by atoms with Gasteiger partial charge in [-0.2, -0.15) is 11.8 Å². The van der Waals surface area contributed by atoms with E-state index in [0.29, 0.717) is 45.3 Å². The lowest BCUT2D eigenvalue weighted by molar-refractivity contribution is 0.0564. The average Bonchev–Trinajstić information content (AvgIpc) is 2.85. The second kappa shape index (κ2) is 10.1. The van der Waals surface area contributed by atoms with E-state index in [0.717, 1.165) is 35.9 Å². The Morgan fingerprint density at radius 2 is 1.62 bits per heavy atom. The molecule has 32 heavy (non-hydrogen) atoms. The SMILES string of the molecule is CSC(C)(C)c1cc(N2CCOCC2)nc(-c2ccc(NC(=O)N3CCOCC3)cc2)n1. The van der Waals surface area contributed by atoms with Gasteiger partial charge in [0.15, 0.2) is 5.82 Å². The van der Waals surface area contributed by atoms with Crippen LogP contribution in [0.15, 0.2) is 30.3 Å². The van der Waals surface area contributed by atoms with Crippen molar-refractivity contribution < 1.29 is 14.3 Å². The summed E-state index contributed by atoms with van der Waals surface area (Å²) in [5.41, 5.74) is 2.67. The first-order valence-corrected chi connectivity index (χ1v) is 12.2. The quantitative estimate of drug-likeness (QED) is 0.737. The predicted octanol–water partition coefficient (Wildman–Crippen LogP) is 3.44. The van der Waals surface area contributed by atoms with E-state index in [1.165, 1.54) is 0 Å². The minimum absolute atomic E-state index is 0.101. The summed E-state index contributed by atoms with van der Waals surface area (Å²) >= 11 is 1.77. The number of nitrogens with zero attached hydrogens (tertiary/aromatic N) is 4. The molecule has 2 saturated heterocycles. The lowest BCUT2D eigenvalue weighted by Crippen LogP contribution is -2.43. The standard InChI is InChI=1S/C23H31N5O3S/c1-23(2,32-3)19-16-20(27-8-12-30-13-9-27)26-21(25-19)17-4-6-18(7-5-17)24-22(29)28-10-14-31-15-11-28/h4-7,16H,8-15H2,1-3H3,(H,24,29).